The van der Waals surface area contributed by atoms with Gasteiger partial charge in [0.15, 0.2) is 10.7 Å². The largest absolute Gasteiger partial charge is 0.342 e. The number of hydrogen-bond donors (Lipinski definition) is 1. The van der Waals surface area contributed by atoms with Gasteiger partial charge in [0, 0.05) is 12.1 Å². The van der Waals surface area contributed by atoms with E-state index < -0.39 is 15.1 Å². The quantitative estimate of drug-likeness (QED) is 0.922. The molecule has 0 radical (unpaired) electrons. The number of nitrogens with one attached hydrogen (secondary N) is 1. The lowest BCUT2D eigenvalue weighted by Crippen LogP contribution is -2.23. The molecule has 2 aromatic heterocycles. The second-order valence-corrected chi connectivity index (χ2v) is 8.20. The highest BCUT2D eigenvalue weighted by molar-refractivity contribution is 7.92. The van der Waals surface area contributed by atoms with Crippen LogP contribution in [0.15, 0.2) is 11.1 Å². The van der Waals surface area contributed by atoms with Gasteiger partial charge >= 0.3 is 0 Å². The van der Waals surface area contributed by atoms with Crippen LogP contribution in [-0.4, -0.2) is 28.6 Å². The lowest BCUT2D eigenvalue weighted by Gasteiger charge is -2.11. The fourth-order valence-corrected chi connectivity index (χ4v) is 4.75. The van der Waals surface area contributed by atoms with Gasteiger partial charge in [-0.05, 0) is 17.9 Å². The molecule has 3 rings (SSSR count). The zero-order valence-corrected chi connectivity index (χ0v) is 13.0. The predicted octanol–water partition coefficient (Wildman–Crippen LogP) is 2.44. The molecular weight excluding hydrogens is 274 g/mol. The van der Waals surface area contributed by atoms with Crippen LogP contribution in [0, 0.1) is 5.92 Å². The summed E-state index contributed by atoms with van der Waals surface area (Å²) in [4.78, 5) is 12.1. The first kappa shape index (κ1) is 13.5. The second-order valence-electron chi connectivity index (χ2n) is 6.12. The van der Waals surface area contributed by atoms with E-state index >= 15 is 0 Å². The van der Waals surface area contributed by atoms with Crippen molar-refractivity contribution in [2.45, 2.75) is 50.3 Å². The molecule has 0 aliphatic carbocycles. The van der Waals surface area contributed by atoms with Crippen LogP contribution in [-0.2, 0) is 16.3 Å². The Morgan fingerprint density at radius 3 is 2.55 bits per heavy atom. The topological polar surface area (TPSA) is 75.7 Å². The van der Waals surface area contributed by atoms with E-state index in [0.717, 1.165) is 5.69 Å². The molecule has 0 spiro atoms. The van der Waals surface area contributed by atoms with Gasteiger partial charge in [-0.2, -0.15) is 0 Å². The first-order valence-corrected chi connectivity index (χ1v) is 8.48. The third-order valence-corrected chi connectivity index (χ3v) is 6.32. The van der Waals surface area contributed by atoms with E-state index in [1.165, 1.54) is 0 Å². The normalized spacial score (nSPS) is 21.0. The molecule has 5 nitrogen and oxygen atoms in total. The second kappa shape index (κ2) is 4.28. The van der Waals surface area contributed by atoms with Crippen molar-refractivity contribution in [3.8, 4) is 0 Å². The van der Waals surface area contributed by atoms with E-state index in [9.17, 15) is 8.42 Å². The van der Waals surface area contributed by atoms with E-state index in [1.807, 2.05) is 19.9 Å². The standard InChI is InChI=1S/C14H19N3O2S/c1-7(2)9-5-10-13(15-9)16-11-6-12(8(3)4)20(18,19)14(11)17-10/h5,7-8,12H,6H2,1-4H3,(H,15,16). The Hall–Kier alpha value is -1.43. The molecule has 1 N–H and O–H groups in total. The number of sulfone groups is 1. The number of hydrogen-bond acceptors (Lipinski definition) is 4. The zero-order chi connectivity index (χ0) is 14.7. The molecule has 20 heavy (non-hydrogen) atoms. The molecule has 0 saturated carbocycles. The number of nitrogens with zero attached hydrogens (tertiary/aromatic N) is 2. The Morgan fingerprint density at radius 2 is 1.95 bits per heavy atom. The average Bonchev–Trinajstić information content (AvgIpc) is 2.86. The summed E-state index contributed by atoms with van der Waals surface area (Å²) in [6.07, 6.45) is 0.467. The van der Waals surface area contributed by atoms with Crippen LogP contribution in [0.4, 0.5) is 0 Å². The van der Waals surface area contributed by atoms with Crippen molar-refractivity contribution in [3.63, 3.8) is 0 Å². The van der Waals surface area contributed by atoms with E-state index in [4.69, 9.17) is 0 Å². The number of aromatic amines is 1. The summed E-state index contributed by atoms with van der Waals surface area (Å²) in [5, 5.41) is -0.216. The van der Waals surface area contributed by atoms with Crippen LogP contribution < -0.4 is 0 Å². The van der Waals surface area contributed by atoms with Crippen molar-refractivity contribution in [2.24, 2.45) is 5.92 Å². The monoisotopic (exact) mass is 293 g/mol. The predicted molar refractivity (Wildman–Crippen MR) is 77.5 cm³/mol. The summed E-state index contributed by atoms with van der Waals surface area (Å²) in [6.45, 7) is 8.00. The van der Waals surface area contributed by atoms with Crippen molar-refractivity contribution in [1.29, 1.82) is 0 Å². The minimum Gasteiger partial charge on any atom is -0.342 e. The van der Waals surface area contributed by atoms with Gasteiger partial charge < -0.3 is 4.98 Å². The number of aromatic nitrogens is 3. The van der Waals surface area contributed by atoms with Gasteiger partial charge in [0.05, 0.1) is 10.9 Å². The van der Waals surface area contributed by atoms with Crippen molar-refractivity contribution < 1.29 is 8.42 Å². The van der Waals surface area contributed by atoms with Crippen molar-refractivity contribution in [2.75, 3.05) is 0 Å². The SMILES string of the molecule is CC(C)c1cc2nc3c(nc2[nH]1)CC(C(C)C)S3(=O)=O. The molecule has 6 heteroatoms. The molecule has 108 valence electrons. The van der Waals surface area contributed by atoms with E-state index in [0.29, 0.717) is 29.2 Å². The van der Waals surface area contributed by atoms with Crippen molar-refractivity contribution >= 4 is 21.0 Å². The average molecular weight is 293 g/mol. The van der Waals surface area contributed by atoms with Crippen molar-refractivity contribution in [1.82, 2.24) is 15.0 Å². The van der Waals surface area contributed by atoms with Gasteiger partial charge in [0.2, 0.25) is 9.84 Å². The first-order valence-electron chi connectivity index (χ1n) is 6.94. The molecule has 3 heterocycles. The summed E-state index contributed by atoms with van der Waals surface area (Å²) < 4.78 is 25.0. The fraction of sp³-hybridized carbons (Fsp3) is 0.571. The van der Waals surface area contributed by atoms with Gasteiger partial charge in [-0.15, -0.1) is 0 Å². The molecule has 0 fully saturated rings. The summed E-state index contributed by atoms with van der Waals surface area (Å²) in [5.74, 6) is 0.404. The molecule has 1 aliphatic heterocycles. The molecule has 0 amide bonds. The Bertz CT molecular complexity index is 775. The highest BCUT2D eigenvalue weighted by atomic mass is 32.2. The molecule has 0 bridgehead atoms. The summed E-state index contributed by atoms with van der Waals surface area (Å²) in [7, 11) is -3.34. The Labute approximate surface area is 118 Å². The Balaban J connectivity index is 2.19. The first-order chi connectivity index (χ1) is 9.30. The molecule has 2 aromatic rings. The van der Waals surface area contributed by atoms with Crippen LogP contribution in [0.1, 0.15) is 45.0 Å². The maximum Gasteiger partial charge on any atom is 0.200 e. The van der Waals surface area contributed by atoms with Crippen LogP contribution in [0.25, 0.3) is 11.2 Å². The lowest BCUT2D eigenvalue weighted by molar-refractivity contribution is 0.540. The summed E-state index contributed by atoms with van der Waals surface area (Å²) >= 11 is 0. The van der Waals surface area contributed by atoms with Gasteiger partial charge in [0.1, 0.15) is 5.52 Å². The molecule has 0 saturated heterocycles. The molecule has 0 aromatic carbocycles. The highest BCUT2D eigenvalue weighted by Crippen LogP contribution is 2.34. The van der Waals surface area contributed by atoms with Gasteiger partial charge in [-0.3, -0.25) is 0 Å². The molecule has 1 aliphatic rings. The zero-order valence-electron chi connectivity index (χ0n) is 12.1. The maximum atomic E-state index is 12.5. The van der Waals surface area contributed by atoms with Gasteiger partial charge in [-0.1, -0.05) is 27.7 Å². The van der Waals surface area contributed by atoms with Crippen LogP contribution in [0.2, 0.25) is 0 Å². The molecule has 1 atom stereocenters. The summed E-state index contributed by atoms with van der Waals surface area (Å²) in [5.41, 5.74) is 2.96. The van der Waals surface area contributed by atoms with Gasteiger partial charge in [-0.25, -0.2) is 18.4 Å². The summed E-state index contributed by atoms with van der Waals surface area (Å²) in [6, 6.07) is 1.89. The van der Waals surface area contributed by atoms with E-state index in [2.05, 4.69) is 28.8 Å². The minimum absolute atomic E-state index is 0.0700. The Kier molecular flexibility index (Phi) is 2.90. The maximum absolute atomic E-state index is 12.5. The Morgan fingerprint density at radius 1 is 1.25 bits per heavy atom. The number of fused-ring (bicyclic) bond motifs is 2. The van der Waals surface area contributed by atoms with Crippen molar-refractivity contribution in [3.05, 3.63) is 17.5 Å². The van der Waals surface area contributed by atoms with Gasteiger partial charge in [0.25, 0.3) is 0 Å². The molecular formula is C14H19N3O2S. The van der Waals surface area contributed by atoms with Crippen LogP contribution >= 0.6 is 0 Å². The van der Waals surface area contributed by atoms with E-state index in [1.54, 1.807) is 0 Å². The number of H-pyrrole nitrogens is 1. The minimum atomic E-state index is -3.34. The van der Waals surface area contributed by atoms with E-state index in [-0.39, 0.29) is 10.9 Å². The third kappa shape index (κ3) is 1.85. The molecule has 1 unspecified atom stereocenters. The number of rotatable bonds is 2. The smallest absolute Gasteiger partial charge is 0.200 e. The lowest BCUT2D eigenvalue weighted by atomic mass is 10.1. The highest BCUT2D eigenvalue weighted by Gasteiger charge is 2.41. The van der Waals surface area contributed by atoms with Crippen LogP contribution in [0.3, 0.4) is 0 Å². The third-order valence-electron chi connectivity index (χ3n) is 3.94. The van der Waals surface area contributed by atoms with Crippen LogP contribution in [0.5, 0.6) is 0 Å². The fourth-order valence-electron chi connectivity index (χ4n) is 2.69.